The van der Waals surface area contributed by atoms with Gasteiger partial charge in [0.2, 0.25) is 5.91 Å². The van der Waals surface area contributed by atoms with Gasteiger partial charge < -0.3 is 15.4 Å². The zero-order valence-electron chi connectivity index (χ0n) is 11.6. The lowest BCUT2D eigenvalue weighted by Gasteiger charge is -2.19. The van der Waals surface area contributed by atoms with Gasteiger partial charge in [0.15, 0.2) is 0 Å². The summed E-state index contributed by atoms with van der Waals surface area (Å²) in [5.74, 6) is -0.0197. The lowest BCUT2D eigenvalue weighted by atomic mass is 10.1. The Labute approximate surface area is 114 Å². The van der Waals surface area contributed by atoms with Crippen LogP contribution in [0.1, 0.15) is 25.3 Å². The quantitative estimate of drug-likeness (QED) is 0.854. The molecule has 19 heavy (non-hydrogen) atoms. The van der Waals surface area contributed by atoms with E-state index < -0.39 is 0 Å². The van der Waals surface area contributed by atoms with Crippen molar-refractivity contribution in [1.82, 2.24) is 5.32 Å². The maximum Gasteiger partial charge on any atom is 0.238 e. The molecule has 0 bridgehead atoms. The van der Waals surface area contributed by atoms with Crippen LogP contribution in [0.25, 0.3) is 0 Å². The van der Waals surface area contributed by atoms with Crippen LogP contribution in [-0.2, 0) is 9.53 Å². The number of anilines is 1. The molecule has 2 atom stereocenters. The van der Waals surface area contributed by atoms with Crippen LogP contribution in [0.15, 0.2) is 24.3 Å². The van der Waals surface area contributed by atoms with Crippen molar-refractivity contribution in [2.45, 2.75) is 38.8 Å². The van der Waals surface area contributed by atoms with Gasteiger partial charge in [0.05, 0.1) is 12.6 Å². The van der Waals surface area contributed by atoms with Crippen molar-refractivity contribution in [2.75, 3.05) is 18.5 Å². The van der Waals surface area contributed by atoms with Crippen molar-refractivity contribution in [2.24, 2.45) is 0 Å². The fraction of sp³-hybridized carbons (Fsp3) is 0.533. The van der Waals surface area contributed by atoms with E-state index in [0.717, 1.165) is 25.1 Å². The van der Waals surface area contributed by atoms with Gasteiger partial charge in [0, 0.05) is 18.3 Å². The third kappa shape index (κ3) is 4.33. The second-order valence-corrected chi connectivity index (χ2v) is 5.14. The molecular formula is C15H22N2O2. The fourth-order valence-electron chi connectivity index (χ4n) is 2.22. The molecule has 1 aromatic carbocycles. The summed E-state index contributed by atoms with van der Waals surface area (Å²) in [4.78, 5) is 11.8. The first-order valence-corrected chi connectivity index (χ1v) is 6.86. The third-order valence-electron chi connectivity index (χ3n) is 3.44. The van der Waals surface area contributed by atoms with Crippen LogP contribution in [-0.4, -0.2) is 31.2 Å². The highest BCUT2D eigenvalue weighted by Crippen LogP contribution is 2.15. The zero-order valence-corrected chi connectivity index (χ0v) is 11.6. The minimum atomic E-state index is -0.0197. The molecule has 4 nitrogen and oxygen atoms in total. The standard InChI is InChI=1S/C15H22N2O2/c1-11-5-7-13(8-6-11)17-15(18)10-16-12(2)14-4-3-9-19-14/h5-8,12,14,16H,3-4,9-10H2,1-2H3,(H,17,18). The molecule has 1 aliphatic heterocycles. The second-order valence-electron chi connectivity index (χ2n) is 5.14. The van der Waals surface area contributed by atoms with E-state index in [9.17, 15) is 4.79 Å². The number of amides is 1. The summed E-state index contributed by atoms with van der Waals surface area (Å²) in [6.07, 6.45) is 2.44. The van der Waals surface area contributed by atoms with Gasteiger partial charge in [-0.1, -0.05) is 17.7 Å². The van der Waals surface area contributed by atoms with Crippen molar-refractivity contribution >= 4 is 11.6 Å². The lowest BCUT2D eigenvalue weighted by Crippen LogP contribution is -2.41. The minimum Gasteiger partial charge on any atom is -0.377 e. The van der Waals surface area contributed by atoms with Gasteiger partial charge in [-0.15, -0.1) is 0 Å². The molecule has 104 valence electrons. The van der Waals surface area contributed by atoms with Gasteiger partial charge in [-0.3, -0.25) is 4.79 Å². The molecule has 2 N–H and O–H groups in total. The van der Waals surface area contributed by atoms with Gasteiger partial charge in [0.25, 0.3) is 0 Å². The van der Waals surface area contributed by atoms with Crippen LogP contribution in [0.4, 0.5) is 5.69 Å². The first-order chi connectivity index (χ1) is 9.15. The van der Waals surface area contributed by atoms with Crippen molar-refractivity contribution < 1.29 is 9.53 Å². The molecule has 0 radical (unpaired) electrons. The SMILES string of the molecule is Cc1ccc(NC(=O)CNC(C)C2CCCO2)cc1. The van der Waals surface area contributed by atoms with E-state index in [0.29, 0.717) is 6.54 Å². The number of carbonyl (C=O) groups is 1. The molecule has 1 saturated heterocycles. The summed E-state index contributed by atoms with van der Waals surface area (Å²) < 4.78 is 5.58. The summed E-state index contributed by atoms with van der Waals surface area (Å²) in [6, 6.07) is 8.01. The Bertz CT molecular complexity index is 411. The second kappa shape index (κ2) is 6.68. The molecule has 0 aromatic heterocycles. The van der Waals surface area contributed by atoms with Crippen molar-refractivity contribution in [3.8, 4) is 0 Å². The number of benzene rings is 1. The molecular weight excluding hydrogens is 240 g/mol. The fourth-order valence-corrected chi connectivity index (χ4v) is 2.22. The van der Waals surface area contributed by atoms with E-state index in [4.69, 9.17) is 4.74 Å². The summed E-state index contributed by atoms with van der Waals surface area (Å²) >= 11 is 0. The molecule has 0 saturated carbocycles. The molecule has 0 spiro atoms. The number of ether oxygens (including phenoxy) is 1. The first kappa shape index (κ1) is 14.0. The summed E-state index contributed by atoms with van der Waals surface area (Å²) in [5, 5.41) is 6.09. The average Bonchev–Trinajstić information content (AvgIpc) is 2.93. The van der Waals surface area contributed by atoms with E-state index in [-0.39, 0.29) is 18.1 Å². The predicted octanol–water partition coefficient (Wildman–Crippen LogP) is 2.09. The third-order valence-corrected chi connectivity index (χ3v) is 3.44. The molecule has 1 amide bonds. The number of aryl methyl sites for hydroxylation is 1. The van der Waals surface area contributed by atoms with E-state index in [1.54, 1.807) is 0 Å². The molecule has 0 aliphatic carbocycles. The van der Waals surface area contributed by atoms with E-state index in [1.165, 1.54) is 5.56 Å². The largest absolute Gasteiger partial charge is 0.377 e. The van der Waals surface area contributed by atoms with E-state index in [1.807, 2.05) is 31.2 Å². The molecule has 2 rings (SSSR count). The Hall–Kier alpha value is -1.39. The Kier molecular flexibility index (Phi) is 4.93. The Morgan fingerprint density at radius 2 is 2.16 bits per heavy atom. The Morgan fingerprint density at radius 3 is 2.79 bits per heavy atom. The summed E-state index contributed by atoms with van der Waals surface area (Å²) in [5.41, 5.74) is 2.02. The van der Waals surface area contributed by atoms with Crippen LogP contribution in [0.2, 0.25) is 0 Å². The van der Waals surface area contributed by atoms with Crippen LogP contribution in [0, 0.1) is 6.92 Å². The average molecular weight is 262 g/mol. The van der Waals surface area contributed by atoms with Crippen molar-refractivity contribution in [1.29, 1.82) is 0 Å². The Balaban J connectivity index is 1.73. The molecule has 4 heteroatoms. The van der Waals surface area contributed by atoms with Gasteiger partial charge in [0.1, 0.15) is 0 Å². The van der Waals surface area contributed by atoms with Crippen LogP contribution < -0.4 is 10.6 Å². The Morgan fingerprint density at radius 1 is 1.42 bits per heavy atom. The van der Waals surface area contributed by atoms with Gasteiger partial charge in [-0.05, 0) is 38.8 Å². The molecule has 1 heterocycles. The smallest absolute Gasteiger partial charge is 0.238 e. The van der Waals surface area contributed by atoms with Gasteiger partial charge >= 0.3 is 0 Å². The highest BCUT2D eigenvalue weighted by atomic mass is 16.5. The minimum absolute atomic E-state index is 0.0197. The van der Waals surface area contributed by atoms with Crippen LogP contribution in [0.3, 0.4) is 0 Å². The van der Waals surface area contributed by atoms with E-state index >= 15 is 0 Å². The maximum absolute atomic E-state index is 11.8. The van der Waals surface area contributed by atoms with Gasteiger partial charge in [-0.2, -0.15) is 0 Å². The topological polar surface area (TPSA) is 50.4 Å². The number of hydrogen-bond acceptors (Lipinski definition) is 3. The lowest BCUT2D eigenvalue weighted by molar-refractivity contribution is -0.115. The predicted molar refractivity (Wildman–Crippen MR) is 76.2 cm³/mol. The van der Waals surface area contributed by atoms with Gasteiger partial charge in [-0.25, -0.2) is 0 Å². The normalized spacial score (nSPS) is 20.2. The van der Waals surface area contributed by atoms with Crippen LogP contribution in [0.5, 0.6) is 0 Å². The zero-order chi connectivity index (χ0) is 13.7. The van der Waals surface area contributed by atoms with Crippen molar-refractivity contribution in [3.63, 3.8) is 0 Å². The molecule has 1 fully saturated rings. The molecule has 2 unspecified atom stereocenters. The molecule has 1 aliphatic rings. The number of rotatable bonds is 5. The maximum atomic E-state index is 11.8. The number of carbonyl (C=O) groups excluding carboxylic acids is 1. The summed E-state index contributed by atoms with van der Waals surface area (Å²) in [6.45, 7) is 5.24. The summed E-state index contributed by atoms with van der Waals surface area (Å²) in [7, 11) is 0. The number of nitrogens with one attached hydrogen (secondary N) is 2. The van der Waals surface area contributed by atoms with Crippen LogP contribution >= 0.6 is 0 Å². The highest BCUT2D eigenvalue weighted by Gasteiger charge is 2.22. The number of hydrogen-bond donors (Lipinski definition) is 2. The van der Waals surface area contributed by atoms with Crippen molar-refractivity contribution in [3.05, 3.63) is 29.8 Å². The monoisotopic (exact) mass is 262 g/mol. The first-order valence-electron chi connectivity index (χ1n) is 6.86. The highest BCUT2D eigenvalue weighted by molar-refractivity contribution is 5.92. The molecule has 1 aromatic rings. The van der Waals surface area contributed by atoms with E-state index in [2.05, 4.69) is 17.6 Å².